The van der Waals surface area contributed by atoms with Gasteiger partial charge in [-0.2, -0.15) is 0 Å². The number of pyridine rings is 1. The SMILES string of the molecule is O=C(NCCc1cc(F)cc2c1OCOC2)c1cc(Cl)ccn1. The number of nitrogens with one attached hydrogen (secondary N) is 1. The van der Waals surface area contributed by atoms with Gasteiger partial charge in [0.05, 0.1) is 6.61 Å². The molecule has 1 aromatic carbocycles. The molecule has 120 valence electrons. The molecule has 1 aliphatic heterocycles. The Morgan fingerprint density at radius 1 is 1.39 bits per heavy atom. The van der Waals surface area contributed by atoms with Crippen LogP contribution in [0.3, 0.4) is 0 Å². The van der Waals surface area contributed by atoms with Gasteiger partial charge in [-0.15, -0.1) is 0 Å². The van der Waals surface area contributed by atoms with E-state index in [0.717, 1.165) is 0 Å². The van der Waals surface area contributed by atoms with Crippen LogP contribution in [0.25, 0.3) is 0 Å². The topological polar surface area (TPSA) is 60.5 Å². The van der Waals surface area contributed by atoms with Crippen LogP contribution in [-0.2, 0) is 17.8 Å². The largest absolute Gasteiger partial charge is 0.467 e. The number of carbonyl (C=O) groups is 1. The number of hydrogen-bond acceptors (Lipinski definition) is 4. The van der Waals surface area contributed by atoms with Crippen LogP contribution >= 0.6 is 11.6 Å². The van der Waals surface area contributed by atoms with Crippen molar-refractivity contribution in [3.8, 4) is 5.75 Å². The van der Waals surface area contributed by atoms with Gasteiger partial charge in [0, 0.05) is 23.3 Å². The second-order valence-electron chi connectivity index (χ2n) is 5.03. The molecule has 5 nitrogen and oxygen atoms in total. The van der Waals surface area contributed by atoms with E-state index in [9.17, 15) is 9.18 Å². The molecule has 2 heterocycles. The Labute approximate surface area is 137 Å². The van der Waals surface area contributed by atoms with Crippen LogP contribution in [0.5, 0.6) is 5.75 Å². The minimum absolute atomic E-state index is 0.143. The molecule has 0 fully saturated rings. The lowest BCUT2D eigenvalue weighted by Gasteiger charge is -2.20. The van der Waals surface area contributed by atoms with Crippen molar-refractivity contribution in [2.45, 2.75) is 13.0 Å². The summed E-state index contributed by atoms with van der Waals surface area (Å²) >= 11 is 5.83. The van der Waals surface area contributed by atoms with Crippen LogP contribution in [0, 0.1) is 5.82 Å². The summed E-state index contributed by atoms with van der Waals surface area (Å²) in [5.41, 5.74) is 1.61. The van der Waals surface area contributed by atoms with Crippen LogP contribution < -0.4 is 10.1 Å². The van der Waals surface area contributed by atoms with E-state index in [2.05, 4.69) is 10.3 Å². The number of carbonyl (C=O) groups excluding carboxylic acids is 1. The third-order valence-electron chi connectivity index (χ3n) is 3.39. The first kappa shape index (κ1) is 15.7. The minimum Gasteiger partial charge on any atom is -0.467 e. The Morgan fingerprint density at radius 2 is 2.26 bits per heavy atom. The molecule has 0 bridgehead atoms. The number of aromatic nitrogens is 1. The Hall–Kier alpha value is -2.18. The normalized spacial score (nSPS) is 13.1. The highest BCUT2D eigenvalue weighted by Gasteiger charge is 2.17. The summed E-state index contributed by atoms with van der Waals surface area (Å²) < 4.78 is 24.2. The van der Waals surface area contributed by atoms with Gasteiger partial charge in [0.25, 0.3) is 5.91 Å². The first-order valence-corrected chi connectivity index (χ1v) is 7.43. The molecule has 1 aromatic heterocycles. The molecule has 7 heteroatoms. The third kappa shape index (κ3) is 3.78. The van der Waals surface area contributed by atoms with Crippen molar-refractivity contribution in [3.05, 3.63) is 58.1 Å². The van der Waals surface area contributed by atoms with Gasteiger partial charge >= 0.3 is 0 Å². The van der Waals surface area contributed by atoms with Crippen molar-refractivity contribution in [3.63, 3.8) is 0 Å². The van der Waals surface area contributed by atoms with Gasteiger partial charge in [-0.3, -0.25) is 9.78 Å². The van der Waals surface area contributed by atoms with Crippen molar-refractivity contribution in [1.29, 1.82) is 0 Å². The molecule has 0 atom stereocenters. The number of fused-ring (bicyclic) bond motifs is 1. The molecule has 0 aliphatic carbocycles. The molecule has 0 radical (unpaired) electrons. The first-order valence-electron chi connectivity index (χ1n) is 7.05. The molecule has 0 spiro atoms. The Balaban J connectivity index is 1.65. The van der Waals surface area contributed by atoms with Crippen LogP contribution in [0.4, 0.5) is 4.39 Å². The number of hydrogen-bond donors (Lipinski definition) is 1. The van der Waals surface area contributed by atoms with Crippen molar-refractivity contribution in [2.75, 3.05) is 13.3 Å². The molecular weight excluding hydrogens is 323 g/mol. The Kier molecular flexibility index (Phi) is 4.73. The summed E-state index contributed by atoms with van der Waals surface area (Å²) in [7, 11) is 0. The van der Waals surface area contributed by atoms with Gasteiger partial charge in [-0.1, -0.05) is 11.6 Å². The molecule has 1 N–H and O–H groups in total. The maximum Gasteiger partial charge on any atom is 0.269 e. The predicted octanol–water partition coefficient (Wildman–Crippen LogP) is 2.71. The van der Waals surface area contributed by atoms with E-state index in [1.807, 2.05) is 0 Å². The molecule has 2 aromatic rings. The summed E-state index contributed by atoms with van der Waals surface area (Å²) in [6.45, 7) is 0.788. The number of ether oxygens (including phenoxy) is 2. The van der Waals surface area contributed by atoms with Crippen LogP contribution in [0.1, 0.15) is 21.6 Å². The highest BCUT2D eigenvalue weighted by Crippen LogP contribution is 2.29. The average Bonchev–Trinajstić information content (AvgIpc) is 2.54. The monoisotopic (exact) mass is 336 g/mol. The second-order valence-corrected chi connectivity index (χ2v) is 5.47. The number of halogens is 2. The zero-order valence-corrected chi connectivity index (χ0v) is 12.9. The van der Waals surface area contributed by atoms with E-state index in [1.54, 1.807) is 6.07 Å². The van der Waals surface area contributed by atoms with Gasteiger partial charge in [0.1, 0.15) is 17.3 Å². The lowest BCUT2D eigenvalue weighted by atomic mass is 10.1. The minimum atomic E-state index is -0.351. The van der Waals surface area contributed by atoms with Crippen molar-refractivity contribution in [1.82, 2.24) is 10.3 Å². The molecule has 0 saturated heterocycles. The van der Waals surface area contributed by atoms with Crippen LogP contribution in [0.2, 0.25) is 5.02 Å². The lowest BCUT2D eigenvalue weighted by molar-refractivity contribution is -0.0172. The van der Waals surface area contributed by atoms with Crippen molar-refractivity contribution in [2.24, 2.45) is 0 Å². The highest BCUT2D eigenvalue weighted by molar-refractivity contribution is 6.30. The number of benzene rings is 1. The maximum absolute atomic E-state index is 13.6. The van der Waals surface area contributed by atoms with E-state index in [4.69, 9.17) is 21.1 Å². The van der Waals surface area contributed by atoms with E-state index in [0.29, 0.717) is 41.5 Å². The van der Waals surface area contributed by atoms with Gasteiger partial charge in [0.2, 0.25) is 0 Å². The Morgan fingerprint density at radius 3 is 3.09 bits per heavy atom. The number of nitrogens with zero attached hydrogens (tertiary/aromatic N) is 1. The predicted molar refractivity (Wildman–Crippen MR) is 82.0 cm³/mol. The van der Waals surface area contributed by atoms with Crippen LogP contribution in [-0.4, -0.2) is 24.2 Å². The summed E-state index contributed by atoms with van der Waals surface area (Å²) in [6.07, 6.45) is 1.90. The van der Waals surface area contributed by atoms with E-state index in [-0.39, 0.29) is 24.2 Å². The van der Waals surface area contributed by atoms with E-state index >= 15 is 0 Å². The fourth-order valence-electron chi connectivity index (χ4n) is 2.37. The average molecular weight is 337 g/mol. The van der Waals surface area contributed by atoms with Gasteiger partial charge in [0.15, 0.2) is 6.79 Å². The van der Waals surface area contributed by atoms with Gasteiger partial charge in [-0.05, 0) is 36.2 Å². The summed E-state index contributed by atoms with van der Waals surface area (Å²) in [5, 5.41) is 3.17. The summed E-state index contributed by atoms with van der Waals surface area (Å²) in [5.74, 6) is -0.0505. The van der Waals surface area contributed by atoms with E-state index in [1.165, 1.54) is 24.4 Å². The molecule has 3 rings (SSSR count). The molecule has 0 unspecified atom stereocenters. The van der Waals surface area contributed by atoms with Crippen LogP contribution in [0.15, 0.2) is 30.5 Å². The zero-order chi connectivity index (χ0) is 16.2. The molecule has 1 amide bonds. The summed E-state index contributed by atoms with van der Waals surface area (Å²) in [6, 6.07) is 5.89. The molecule has 23 heavy (non-hydrogen) atoms. The lowest BCUT2D eigenvalue weighted by Crippen LogP contribution is -2.27. The highest BCUT2D eigenvalue weighted by atomic mass is 35.5. The summed E-state index contributed by atoms with van der Waals surface area (Å²) in [4.78, 5) is 15.9. The fraction of sp³-hybridized carbons (Fsp3) is 0.250. The van der Waals surface area contributed by atoms with Crippen molar-refractivity contribution < 1.29 is 18.7 Å². The smallest absolute Gasteiger partial charge is 0.269 e. The zero-order valence-electron chi connectivity index (χ0n) is 12.1. The molecule has 1 aliphatic rings. The fourth-order valence-corrected chi connectivity index (χ4v) is 2.53. The first-order chi connectivity index (χ1) is 11.1. The molecule has 0 saturated carbocycles. The number of rotatable bonds is 4. The molecular formula is C16H14ClFN2O3. The van der Waals surface area contributed by atoms with E-state index < -0.39 is 0 Å². The standard InChI is InChI=1S/C16H14ClFN2O3/c17-12-2-4-19-14(7-12)16(21)20-3-1-10-5-13(18)6-11-8-22-9-23-15(10)11/h2,4-7H,1,3,8-9H2,(H,20,21). The van der Waals surface area contributed by atoms with Gasteiger partial charge in [-0.25, -0.2) is 4.39 Å². The van der Waals surface area contributed by atoms with Gasteiger partial charge < -0.3 is 14.8 Å². The Bertz CT molecular complexity index is 739. The quantitative estimate of drug-likeness (QED) is 0.932. The maximum atomic E-state index is 13.6. The number of amides is 1. The third-order valence-corrected chi connectivity index (χ3v) is 3.62. The second kappa shape index (κ2) is 6.93. The van der Waals surface area contributed by atoms with Crippen molar-refractivity contribution >= 4 is 17.5 Å².